The predicted molar refractivity (Wildman–Crippen MR) is 116 cm³/mol. The third-order valence-electron chi connectivity index (χ3n) is 4.09. The van der Waals surface area contributed by atoms with E-state index in [9.17, 15) is 14.4 Å². The van der Waals surface area contributed by atoms with E-state index in [1.807, 2.05) is 32.6 Å². The summed E-state index contributed by atoms with van der Waals surface area (Å²) in [5, 5.41) is 0. The van der Waals surface area contributed by atoms with Gasteiger partial charge in [0.15, 0.2) is 5.75 Å². The summed E-state index contributed by atoms with van der Waals surface area (Å²) < 4.78 is 10.1. The third kappa shape index (κ3) is 9.59. The normalized spacial score (nSPS) is 13.9. The highest BCUT2D eigenvalue weighted by Crippen LogP contribution is 2.27. The third-order valence-corrected chi connectivity index (χ3v) is 4.09. The molecule has 1 heterocycles. The van der Waals surface area contributed by atoms with Gasteiger partial charge in [-0.15, -0.1) is 0 Å². The molecule has 0 radical (unpaired) electrons. The van der Waals surface area contributed by atoms with Gasteiger partial charge in [0.05, 0.1) is 0 Å². The second-order valence-corrected chi connectivity index (χ2v) is 7.24. The van der Waals surface area contributed by atoms with Gasteiger partial charge in [0.2, 0.25) is 11.3 Å². The number of hydrogen-bond acceptors (Lipinski definition) is 5. The van der Waals surface area contributed by atoms with Crippen molar-refractivity contribution in [1.29, 1.82) is 0 Å². The fourth-order valence-electron chi connectivity index (χ4n) is 2.81. The Hall–Kier alpha value is -2.37. The molecule has 0 unspecified atom stereocenters. The van der Waals surface area contributed by atoms with E-state index < -0.39 is 11.8 Å². The van der Waals surface area contributed by atoms with Crippen molar-refractivity contribution in [2.24, 2.45) is 0 Å². The minimum atomic E-state index is -0.896. The Bertz CT molecular complexity index is 701. The van der Waals surface area contributed by atoms with Gasteiger partial charge in [-0.25, -0.2) is 4.79 Å². The Kier molecular flexibility index (Phi) is 11.9. The van der Waals surface area contributed by atoms with E-state index in [0.717, 1.165) is 18.4 Å². The Morgan fingerprint density at radius 3 is 1.97 bits per heavy atom. The fraction of sp³-hybridized carbons (Fsp3) is 0.609. The van der Waals surface area contributed by atoms with Crippen molar-refractivity contribution in [2.75, 3.05) is 13.1 Å². The van der Waals surface area contributed by atoms with Gasteiger partial charge < -0.3 is 14.4 Å². The van der Waals surface area contributed by atoms with Crippen LogP contribution in [0.1, 0.15) is 79.7 Å². The maximum Gasteiger partial charge on any atom is 0.514 e. The smallest absolute Gasteiger partial charge is 0.428 e. The van der Waals surface area contributed by atoms with Crippen LogP contribution in [0.3, 0.4) is 0 Å². The first kappa shape index (κ1) is 26.6. The molecular weight excluding hydrogens is 370 g/mol. The molecule has 0 spiro atoms. The zero-order valence-electron chi connectivity index (χ0n) is 19.2. The number of likely N-dealkylation sites (tertiary alicyclic amines) is 1. The second kappa shape index (κ2) is 13.0. The average molecular weight is 408 g/mol. The molecule has 1 amide bonds. The van der Waals surface area contributed by atoms with E-state index in [4.69, 9.17) is 9.47 Å². The molecule has 0 aliphatic carbocycles. The van der Waals surface area contributed by atoms with Crippen molar-refractivity contribution in [1.82, 2.24) is 4.90 Å². The molecule has 1 fully saturated rings. The van der Waals surface area contributed by atoms with Gasteiger partial charge in [0, 0.05) is 20.0 Å². The number of rotatable bonds is 2. The highest BCUT2D eigenvalue weighted by atomic mass is 16.7. The van der Waals surface area contributed by atoms with E-state index >= 15 is 0 Å². The molecule has 0 N–H and O–H groups in total. The molecule has 0 bridgehead atoms. The Balaban J connectivity index is 0.00000184. The summed E-state index contributed by atoms with van der Waals surface area (Å²) in [5.74, 6) is 0.311. The zero-order valence-corrected chi connectivity index (χ0v) is 19.2. The molecule has 2 rings (SSSR count). The van der Waals surface area contributed by atoms with Gasteiger partial charge in [-0.2, -0.15) is 0 Å². The lowest BCUT2D eigenvalue weighted by molar-refractivity contribution is -0.129. The number of ether oxygens (including phenoxy) is 2. The van der Waals surface area contributed by atoms with Crippen molar-refractivity contribution in [3.05, 3.63) is 40.1 Å². The van der Waals surface area contributed by atoms with Crippen molar-refractivity contribution >= 4 is 12.1 Å². The van der Waals surface area contributed by atoms with Crippen LogP contribution >= 0.6 is 0 Å². The van der Waals surface area contributed by atoms with Crippen LogP contribution in [0, 0.1) is 0 Å². The van der Waals surface area contributed by atoms with Crippen LogP contribution in [-0.4, -0.2) is 35.7 Å². The van der Waals surface area contributed by atoms with Crippen molar-refractivity contribution < 1.29 is 19.1 Å². The molecule has 1 aliphatic heterocycles. The van der Waals surface area contributed by atoms with Gasteiger partial charge in [-0.3, -0.25) is 9.59 Å². The molecule has 1 aromatic carbocycles. The first-order valence-corrected chi connectivity index (χ1v) is 10.5. The van der Waals surface area contributed by atoms with Crippen LogP contribution in [0.5, 0.6) is 5.75 Å². The van der Waals surface area contributed by atoms with E-state index in [1.165, 1.54) is 12.1 Å². The van der Waals surface area contributed by atoms with Gasteiger partial charge in [0.25, 0.3) is 0 Å². The SMILES string of the molecule is CC.CC.CC(=O)N1CCC(c2ccc(OC(=O)OC(C)(C)C)c(=O)cc2)CC1. The quantitative estimate of drug-likeness (QED) is 0.635. The van der Waals surface area contributed by atoms with E-state index in [0.29, 0.717) is 13.1 Å². The highest BCUT2D eigenvalue weighted by Gasteiger charge is 2.22. The van der Waals surface area contributed by atoms with Crippen molar-refractivity contribution in [2.45, 2.75) is 79.8 Å². The predicted octanol–water partition coefficient (Wildman–Crippen LogP) is 5.14. The standard InChI is InChI=1S/C19H25NO5.2C2H6/c1-13(21)20-11-9-15(10-12-20)14-5-7-16(22)17(8-6-14)24-18(23)25-19(2,3)4;2*1-2/h5-8,15H,9-12H2,1-4H3;2*1-2H3. The van der Waals surface area contributed by atoms with E-state index in [1.54, 1.807) is 39.8 Å². The Morgan fingerprint density at radius 2 is 1.48 bits per heavy atom. The summed E-state index contributed by atoms with van der Waals surface area (Å²) in [6, 6.07) is 6.49. The molecule has 6 heteroatoms. The van der Waals surface area contributed by atoms with Crippen LogP contribution in [0.2, 0.25) is 0 Å². The average Bonchev–Trinajstić information content (AvgIpc) is 2.86. The summed E-state index contributed by atoms with van der Waals surface area (Å²) in [7, 11) is 0. The first-order chi connectivity index (χ1) is 13.7. The number of nitrogens with zero attached hydrogens (tertiary/aromatic N) is 1. The molecule has 0 aromatic heterocycles. The molecule has 0 saturated carbocycles. The molecule has 1 aliphatic rings. The Morgan fingerprint density at radius 1 is 0.966 bits per heavy atom. The number of carbonyl (C=O) groups is 2. The minimum absolute atomic E-state index is 0.0540. The van der Waals surface area contributed by atoms with Crippen molar-refractivity contribution in [3.8, 4) is 5.75 Å². The number of amides is 1. The van der Waals surface area contributed by atoms with Gasteiger partial charge in [-0.1, -0.05) is 39.8 Å². The van der Waals surface area contributed by atoms with Gasteiger partial charge >= 0.3 is 6.16 Å². The van der Waals surface area contributed by atoms with Crippen molar-refractivity contribution in [3.63, 3.8) is 0 Å². The lowest BCUT2D eigenvalue weighted by Gasteiger charge is -2.31. The molecule has 164 valence electrons. The maximum atomic E-state index is 12.1. The summed E-state index contributed by atoms with van der Waals surface area (Å²) >= 11 is 0. The highest BCUT2D eigenvalue weighted by molar-refractivity contribution is 5.73. The van der Waals surface area contributed by atoms with Gasteiger partial charge in [0.1, 0.15) is 5.60 Å². The maximum absolute atomic E-state index is 12.1. The molecule has 1 aromatic rings. The van der Waals surface area contributed by atoms with Crippen LogP contribution in [0.15, 0.2) is 29.1 Å². The molecule has 0 atom stereocenters. The topological polar surface area (TPSA) is 72.9 Å². The molecule has 6 nitrogen and oxygen atoms in total. The van der Waals surface area contributed by atoms with Gasteiger partial charge in [-0.05, 0) is 57.2 Å². The summed E-state index contributed by atoms with van der Waals surface area (Å²) in [4.78, 5) is 37.1. The molecule has 1 saturated heterocycles. The summed E-state index contributed by atoms with van der Waals surface area (Å²) in [6.07, 6.45) is 0.798. The van der Waals surface area contributed by atoms with E-state index in [2.05, 4.69) is 0 Å². The number of carbonyl (C=O) groups excluding carboxylic acids is 2. The number of hydrogen-bond donors (Lipinski definition) is 0. The lowest BCUT2D eigenvalue weighted by atomic mass is 9.90. The van der Waals surface area contributed by atoms with Crippen LogP contribution in [0.4, 0.5) is 4.79 Å². The first-order valence-electron chi connectivity index (χ1n) is 10.5. The second-order valence-electron chi connectivity index (χ2n) is 7.24. The van der Waals surface area contributed by atoms with Crippen LogP contribution in [0.25, 0.3) is 0 Å². The Labute approximate surface area is 175 Å². The van der Waals surface area contributed by atoms with Crippen LogP contribution < -0.4 is 10.2 Å². The minimum Gasteiger partial charge on any atom is -0.428 e. The zero-order chi connectivity index (χ0) is 22.6. The largest absolute Gasteiger partial charge is 0.514 e. The molecule has 29 heavy (non-hydrogen) atoms. The van der Waals surface area contributed by atoms with Crippen LogP contribution in [-0.2, 0) is 9.53 Å². The summed E-state index contributed by atoms with van der Waals surface area (Å²) in [6.45, 7) is 16.2. The fourth-order valence-corrected chi connectivity index (χ4v) is 2.81. The summed E-state index contributed by atoms with van der Waals surface area (Å²) in [5.41, 5.74) is -0.0648. The number of piperidine rings is 1. The lowest BCUT2D eigenvalue weighted by Crippen LogP contribution is -2.36. The monoisotopic (exact) mass is 407 g/mol. The van der Waals surface area contributed by atoms with E-state index in [-0.39, 0.29) is 23.0 Å². The molecular formula is C23H37NO5.